The summed E-state index contributed by atoms with van der Waals surface area (Å²) in [5.74, 6) is 0.155. The van der Waals surface area contributed by atoms with Crippen molar-refractivity contribution in [1.82, 2.24) is 4.90 Å². The van der Waals surface area contributed by atoms with Gasteiger partial charge in [-0.3, -0.25) is 4.79 Å². The van der Waals surface area contributed by atoms with Gasteiger partial charge < -0.3 is 15.7 Å². The Labute approximate surface area is 92.4 Å². The second kappa shape index (κ2) is 9.93. The second-order valence-electron chi connectivity index (χ2n) is 3.70. The molecule has 0 aliphatic carbocycles. The predicted molar refractivity (Wildman–Crippen MR) is 61.5 cm³/mol. The Bertz CT molecular complexity index is 157. The Balaban J connectivity index is 3.70. The number of aliphatic hydroxyl groups is 1. The van der Waals surface area contributed by atoms with Crippen molar-refractivity contribution in [3.63, 3.8) is 0 Å². The van der Waals surface area contributed by atoms with Crippen LogP contribution >= 0.6 is 0 Å². The van der Waals surface area contributed by atoms with E-state index in [2.05, 4.69) is 0 Å². The molecule has 90 valence electrons. The van der Waals surface area contributed by atoms with Gasteiger partial charge in [-0.15, -0.1) is 0 Å². The summed E-state index contributed by atoms with van der Waals surface area (Å²) in [5.41, 5.74) is 5.37. The molecule has 4 heteroatoms. The first-order valence-corrected chi connectivity index (χ1v) is 5.85. The maximum absolute atomic E-state index is 11.7. The van der Waals surface area contributed by atoms with Gasteiger partial charge in [-0.2, -0.15) is 0 Å². The van der Waals surface area contributed by atoms with E-state index in [9.17, 15) is 4.79 Å². The van der Waals surface area contributed by atoms with E-state index in [-0.39, 0.29) is 12.5 Å². The number of nitrogens with zero attached hydrogens (tertiary/aromatic N) is 1. The third-order valence-electron chi connectivity index (χ3n) is 2.31. The van der Waals surface area contributed by atoms with E-state index >= 15 is 0 Å². The number of unbranched alkanes of at least 4 members (excludes halogenated alkanes) is 2. The average molecular weight is 216 g/mol. The van der Waals surface area contributed by atoms with Gasteiger partial charge in [0.05, 0.1) is 6.61 Å². The molecule has 0 atom stereocenters. The minimum Gasteiger partial charge on any atom is -0.395 e. The van der Waals surface area contributed by atoms with Gasteiger partial charge in [0.15, 0.2) is 0 Å². The SMILES string of the molecule is CCCN(CCO)C(=O)CCCCCN. The number of rotatable bonds is 9. The summed E-state index contributed by atoms with van der Waals surface area (Å²) in [7, 11) is 0. The molecule has 0 heterocycles. The van der Waals surface area contributed by atoms with Crippen LogP contribution in [0.2, 0.25) is 0 Å². The van der Waals surface area contributed by atoms with Crippen LogP contribution in [0.1, 0.15) is 39.0 Å². The number of carbonyl (C=O) groups is 1. The number of carbonyl (C=O) groups excluding carboxylic acids is 1. The molecule has 0 rings (SSSR count). The first kappa shape index (κ1) is 14.4. The van der Waals surface area contributed by atoms with E-state index in [1.807, 2.05) is 6.92 Å². The van der Waals surface area contributed by atoms with Gasteiger partial charge >= 0.3 is 0 Å². The van der Waals surface area contributed by atoms with Crippen molar-refractivity contribution in [2.75, 3.05) is 26.2 Å². The zero-order valence-corrected chi connectivity index (χ0v) is 9.74. The largest absolute Gasteiger partial charge is 0.395 e. The third-order valence-corrected chi connectivity index (χ3v) is 2.31. The highest BCUT2D eigenvalue weighted by atomic mass is 16.3. The summed E-state index contributed by atoms with van der Waals surface area (Å²) in [5, 5.41) is 8.81. The molecule has 0 radical (unpaired) electrons. The molecule has 1 amide bonds. The molecule has 15 heavy (non-hydrogen) atoms. The standard InChI is InChI=1S/C11H24N2O2/c1-2-8-13(9-10-14)11(15)6-4-3-5-7-12/h14H,2-10,12H2,1H3. The summed E-state index contributed by atoms with van der Waals surface area (Å²) in [6, 6.07) is 0. The first-order valence-electron chi connectivity index (χ1n) is 5.85. The number of hydrogen-bond donors (Lipinski definition) is 2. The van der Waals surface area contributed by atoms with Crippen molar-refractivity contribution >= 4 is 5.91 Å². The molecule has 3 N–H and O–H groups in total. The highest BCUT2D eigenvalue weighted by Crippen LogP contribution is 2.03. The Morgan fingerprint density at radius 2 is 2.00 bits per heavy atom. The van der Waals surface area contributed by atoms with Crippen LogP contribution in [0.3, 0.4) is 0 Å². The number of nitrogens with two attached hydrogens (primary N) is 1. The molecule has 0 aromatic carbocycles. The zero-order chi connectivity index (χ0) is 11.5. The predicted octanol–water partition coefficient (Wildman–Crippen LogP) is 0.736. The van der Waals surface area contributed by atoms with Crippen molar-refractivity contribution < 1.29 is 9.90 Å². The van der Waals surface area contributed by atoms with E-state index in [1.54, 1.807) is 4.90 Å². The number of hydrogen-bond acceptors (Lipinski definition) is 3. The maximum atomic E-state index is 11.7. The van der Waals surface area contributed by atoms with Crippen LogP contribution in [0.5, 0.6) is 0 Å². The minimum absolute atomic E-state index is 0.0501. The van der Waals surface area contributed by atoms with Gasteiger partial charge in [-0.05, 0) is 25.8 Å². The van der Waals surface area contributed by atoms with Crippen molar-refractivity contribution in [3.05, 3.63) is 0 Å². The van der Waals surface area contributed by atoms with Gasteiger partial charge in [-0.1, -0.05) is 13.3 Å². The highest BCUT2D eigenvalue weighted by molar-refractivity contribution is 5.76. The topological polar surface area (TPSA) is 66.6 Å². The van der Waals surface area contributed by atoms with E-state index < -0.39 is 0 Å². The fourth-order valence-corrected chi connectivity index (χ4v) is 1.51. The van der Waals surface area contributed by atoms with Crippen molar-refractivity contribution in [2.24, 2.45) is 5.73 Å². The molecule has 0 unspecified atom stereocenters. The molecule has 4 nitrogen and oxygen atoms in total. The van der Waals surface area contributed by atoms with Crippen LogP contribution in [-0.2, 0) is 4.79 Å². The summed E-state index contributed by atoms with van der Waals surface area (Å²) in [4.78, 5) is 13.4. The normalized spacial score (nSPS) is 10.3. The van der Waals surface area contributed by atoms with Crippen LogP contribution in [0.4, 0.5) is 0 Å². The minimum atomic E-state index is 0.0501. The third kappa shape index (κ3) is 7.33. The summed E-state index contributed by atoms with van der Waals surface area (Å²) >= 11 is 0. The molecule has 0 bridgehead atoms. The lowest BCUT2D eigenvalue weighted by Gasteiger charge is -2.20. The molecule has 0 spiro atoms. The quantitative estimate of drug-likeness (QED) is 0.559. The van der Waals surface area contributed by atoms with Gasteiger partial charge in [0, 0.05) is 19.5 Å². The van der Waals surface area contributed by atoms with Crippen LogP contribution in [0.25, 0.3) is 0 Å². The Hall–Kier alpha value is -0.610. The van der Waals surface area contributed by atoms with E-state index in [4.69, 9.17) is 10.8 Å². The molecular weight excluding hydrogens is 192 g/mol. The van der Waals surface area contributed by atoms with Crippen molar-refractivity contribution in [3.8, 4) is 0 Å². The Kier molecular flexibility index (Phi) is 9.52. The van der Waals surface area contributed by atoms with Crippen LogP contribution < -0.4 is 5.73 Å². The monoisotopic (exact) mass is 216 g/mol. The molecule has 0 aromatic rings. The molecule has 0 saturated heterocycles. The number of aliphatic hydroxyl groups excluding tert-OH is 1. The van der Waals surface area contributed by atoms with Gasteiger partial charge in [0.1, 0.15) is 0 Å². The molecule has 0 saturated carbocycles. The fraction of sp³-hybridized carbons (Fsp3) is 0.909. The van der Waals surface area contributed by atoms with Crippen LogP contribution in [0, 0.1) is 0 Å². The lowest BCUT2D eigenvalue weighted by Crippen LogP contribution is -2.34. The lowest BCUT2D eigenvalue weighted by atomic mass is 10.2. The number of amides is 1. The van der Waals surface area contributed by atoms with E-state index in [1.165, 1.54) is 0 Å². The molecular formula is C11H24N2O2. The first-order chi connectivity index (χ1) is 7.26. The van der Waals surface area contributed by atoms with E-state index in [0.29, 0.717) is 19.5 Å². The summed E-state index contributed by atoms with van der Waals surface area (Å²) < 4.78 is 0. The second-order valence-corrected chi connectivity index (χ2v) is 3.70. The lowest BCUT2D eigenvalue weighted by molar-refractivity contribution is -0.131. The zero-order valence-electron chi connectivity index (χ0n) is 9.74. The molecule has 0 fully saturated rings. The van der Waals surface area contributed by atoms with Crippen LogP contribution in [-0.4, -0.2) is 42.2 Å². The smallest absolute Gasteiger partial charge is 0.222 e. The Morgan fingerprint density at radius 3 is 2.53 bits per heavy atom. The van der Waals surface area contributed by atoms with Gasteiger partial charge in [0.25, 0.3) is 0 Å². The summed E-state index contributed by atoms with van der Waals surface area (Å²) in [6.45, 7) is 3.99. The fourth-order valence-electron chi connectivity index (χ4n) is 1.51. The maximum Gasteiger partial charge on any atom is 0.222 e. The summed E-state index contributed by atoms with van der Waals surface area (Å²) in [6.07, 6.45) is 4.43. The average Bonchev–Trinajstić information content (AvgIpc) is 2.24. The molecule has 0 aliphatic rings. The van der Waals surface area contributed by atoms with Gasteiger partial charge in [-0.25, -0.2) is 0 Å². The molecule has 0 aromatic heterocycles. The van der Waals surface area contributed by atoms with Crippen LogP contribution in [0.15, 0.2) is 0 Å². The van der Waals surface area contributed by atoms with E-state index in [0.717, 1.165) is 32.2 Å². The molecule has 0 aliphatic heterocycles. The Morgan fingerprint density at radius 1 is 1.27 bits per heavy atom. The van der Waals surface area contributed by atoms with Crippen molar-refractivity contribution in [2.45, 2.75) is 39.0 Å². The van der Waals surface area contributed by atoms with Gasteiger partial charge in [0.2, 0.25) is 5.91 Å². The van der Waals surface area contributed by atoms with Crippen molar-refractivity contribution in [1.29, 1.82) is 0 Å². The highest BCUT2D eigenvalue weighted by Gasteiger charge is 2.10.